The third kappa shape index (κ3) is 21.5. The first-order chi connectivity index (χ1) is 51.6. The Morgan fingerprint density at radius 1 is 0.636 bits per heavy atom. The summed E-state index contributed by atoms with van der Waals surface area (Å²) in [4.78, 5) is 193. The van der Waals surface area contributed by atoms with E-state index in [0.29, 0.717) is 44.9 Å². The minimum atomic E-state index is -4.58. The molecule has 3 saturated heterocycles. The number of hydrogen-bond acceptors (Lipinski definition) is 14. The molecular weight excluding hydrogens is 1470 g/mol. The number of rotatable bonds is 12. The molecule has 0 radical (unpaired) electrons. The first-order valence-corrected chi connectivity index (χ1v) is 40.0. The first kappa shape index (κ1) is 88.7. The number of nitrogens with one attached hydrogen (secondary N) is 3. The molecule has 2 bridgehead atoms. The summed E-state index contributed by atoms with van der Waals surface area (Å²) in [5.41, 5.74) is -2.27. The monoisotopic (exact) mass is 1580 g/mol. The van der Waals surface area contributed by atoms with Gasteiger partial charge in [-0.25, -0.2) is 0 Å². The van der Waals surface area contributed by atoms with Gasteiger partial charge < -0.3 is 69.5 Å². The Hall–Kier alpha value is -6.83. The zero-order chi connectivity index (χ0) is 81.2. The minimum absolute atomic E-state index is 0.0309. The molecule has 33 heteroatoms. The highest BCUT2D eigenvalue weighted by Gasteiger charge is 2.60. The van der Waals surface area contributed by atoms with Crippen molar-refractivity contribution < 1.29 is 93.4 Å². The van der Waals surface area contributed by atoms with Crippen LogP contribution in [0.1, 0.15) is 182 Å². The fourth-order valence-electron chi connectivity index (χ4n) is 18.5. The number of carbonyl (C=O) groups excluding carboxylic acids is 12. The maximum atomic E-state index is 15.8. The van der Waals surface area contributed by atoms with Crippen LogP contribution in [-0.2, 0) is 67.0 Å². The molecule has 7 fully saturated rings. The Bertz CT molecular complexity index is 3320. The van der Waals surface area contributed by atoms with Crippen molar-refractivity contribution in [2.24, 2.45) is 40.9 Å². The van der Waals surface area contributed by atoms with Crippen molar-refractivity contribution in [1.82, 2.24) is 60.0 Å². The summed E-state index contributed by atoms with van der Waals surface area (Å²) in [6, 6.07) is -10.9. The van der Waals surface area contributed by atoms with Crippen molar-refractivity contribution in [3.8, 4) is 0 Å². The van der Waals surface area contributed by atoms with Crippen molar-refractivity contribution in [2.45, 2.75) is 260 Å². The van der Waals surface area contributed by atoms with E-state index in [-0.39, 0.29) is 136 Å². The van der Waals surface area contributed by atoms with Crippen LogP contribution in [0.25, 0.3) is 0 Å². The molecule has 12 atom stereocenters. The molecule has 3 unspecified atom stereocenters. The molecule has 0 aromatic rings. The molecule has 8 rings (SSSR count). The van der Waals surface area contributed by atoms with E-state index >= 15 is 33.6 Å². The molecule has 0 aromatic heterocycles. The fourth-order valence-corrected chi connectivity index (χ4v) is 19.0. The number of likely N-dealkylation sites (N-methyl/N-ethyl adjacent to an activating group) is 7. The maximum absolute atomic E-state index is 15.8. The number of fused-ring (bicyclic) bond motifs is 3. The molecule has 4 saturated carbocycles. The van der Waals surface area contributed by atoms with E-state index in [4.69, 9.17) is 21.1 Å². The Morgan fingerprint density at radius 3 is 1.86 bits per heavy atom. The molecule has 110 heavy (non-hydrogen) atoms. The largest absolute Gasteiger partial charge is 0.393 e. The Morgan fingerprint density at radius 2 is 1.27 bits per heavy atom. The number of alkyl halides is 7. The summed E-state index contributed by atoms with van der Waals surface area (Å²) < 4.78 is 96.8. The van der Waals surface area contributed by atoms with Gasteiger partial charge in [-0.3, -0.25) is 57.5 Å². The van der Waals surface area contributed by atoms with Gasteiger partial charge in [0.2, 0.25) is 70.9 Å². The van der Waals surface area contributed by atoms with Gasteiger partial charge in [0, 0.05) is 101 Å². The first-order valence-electron chi connectivity index (χ1n) is 39.5. The molecule has 1 spiro atoms. The maximum Gasteiger partial charge on any atom is 0.393 e. The lowest BCUT2D eigenvalue weighted by Crippen LogP contribution is -2.71. The summed E-state index contributed by atoms with van der Waals surface area (Å²) >= 11 is 6.45. The summed E-state index contributed by atoms with van der Waals surface area (Å²) in [5.74, 6) is -14.3. The predicted molar refractivity (Wildman–Crippen MR) is 394 cm³/mol. The van der Waals surface area contributed by atoms with Crippen molar-refractivity contribution in [3.63, 3.8) is 0 Å². The fraction of sp³-hybridized carbons (Fsp3) is 0.818. The second-order valence-electron chi connectivity index (χ2n) is 33.4. The van der Waals surface area contributed by atoms with Gasteiger partial charge in [0.25, 0.3) is 0 Å². The minimum Gasteiger partial charge on any atom is -0.381 e. The second kappa shape index (κ2) is 37.9. The van der Waals surface area contributed by atoms with Crippen LogP contribution >= 0.6 is 11.6 Å². The zero-order valence-corrected chi connectivity index (χ0v) is 67.0. The number of nitrogens with zero attached hydrogens (tertiary/aromatic N) is 9. The van der Waals surface area contributed by atoms with Crippen molar-refractivity contribution in [1.29, 1.82) is 0 Å². The van der Waals surface area contributed by atoms with Crippen LogP contribution in [0.2, 0.25) is 0 Å². The number of ether oxygens (including phenoxy) is 2. The van der Waals surface area contributed by atoms with Crippen LogP contribution in [-0.4, -0.2) is 295 Å². The number of carbonyl (C=O) groups is 12. The predicted octanol–water partition coefficient (Wildman–Crippen LogP) is 6.44. The lowest BCUT2D eigenvalue weighted by Gasteiger charge is -2.54. The highest BCUT2D eigenvalue weighted by Crippen LogP contribution is 2.50. The number of halogens is 7. The van der Waals surface area contributed by atoms with E-state index in [2.05, 4.69) is 16.0 Å². The van der Waals surface area contributed by atoms with E-state index in [1.807, 2.05) is 13.8 Å². The molecule has 4 heterocycles. The van der Waals surface area contributed by atoms with Gasteiger partial charge in [0.05, 0.1) is 37.5 Å². The second-order valence-corrected chi connectivity index (χ2v) is 34.0. The molecular formula is C77H119ClF6N12O14. The van der Waals surface area contributed by atoms with Gasteiger partial charge >= 0.3 is 12.4 Å². The van der Waals surface area contributed by atoms with Gasteiger partial charge in [0.1, 0.15) is 53.9 Å². The summed E-state index contributed by atoms with van der Waals surface area (Å²) in [5, 5.41) is 7.44. The molecule has 0 aromatic carbocycles. The van der Waals surface area contributed by atoms with E-state index in [0.717, 1.165) is 19.6 Å². The lowest BCUT2D eigenvalue weighted by molar-refractivity contribution is -0.184. The highest BCUT2D eigenvalue weighted by molar-refractivity contribution is 6.21. The highest BCUT2D eigenvalue weighted by atomic mass is 35.5. The van der Waals surface area contributed by atoms with Gasteiger partial charge in [-0.05, 0) is 158 Å². The normalized spacial score (nSPS) is 32.1. The number of amides is 12. The van der Waals surface area contributed by atoms with Crippen molar-refractivity contribution in [2.75, 3.05) is 102 Å². The van der Waals surface area contributed by atoms with Crippen molar-refractivity contribution in [3.05, 3.63) is 12.2 Å². The quantitative estimate of drug-likeness (QED) is 0.108. The molecule has 4 aliphatic carbocycles. The summed E-state index contributed by atoms with van der Waals surface area (Å²) in [6.45, 7) is 6.15. The Labute approximate surface area is 648 Å². The third-order valence-corrected chi connectivity index (χ3v) is 25.2. The smallest absolute Gasteiger partial charge is 0.381 e. The van der Waals surface area contributed by atoms with Crippen molar-refractivity contribution >= 4 is 82.5 Å². The van der Waals surface area contributed by atoms with Gasteiger partial charge in [0.15, 0.2) is 0 Å². The Kier molecular flexibility index (Phi) is 30.5. The van der Waals surface area contributed by atoms with E-state index < -0.39 is 209 Å². The molecule has 620 valence electrons. The molecule has 12 amide bonds. The van der Waals surface area contributed by atoms with Crippen LogP contribution in [0, 0.1) is 40.9 Å². The van der Waals surface area contributed by atoms with Gasteiger partial charge in [-0.15, -0.1) is 11.6 Å². The Balaban J connectivity index is 1.21. The zero-order valence-electron chi connectivity index (χ0n) is 66.2. The summed E-state index contributed by atoms with van der Waals surface area (Å²) in [6.07, 6.45) is -4.52. The lowest BCUT2D eigenvalue weighted by atomic mass is 9.58. The van der Waals surface area contributed by atoms with E-state index in [1.54, 1.807) is 26.0 Å². The van der Waals surface area contributed by atoms with Gasteiger partial charge in [-0.1, -0.05) is 52.2 Å². The third-order valence-electron chi connectivity index (χ3n) is 24.7. The van der Waals surface area contributed by atoms with Crippen LogP contribution in [0.5, 0.6) is 0 Å². The standard InChI is InChI=1S/C77H119ClF6N12O14/c1-13-20-55-65(100)86-63(48-32-35-109-36-33-48)71(106)90(8)43-62(99)92(10)56-23-16-15-19-34-95(70(56)105)59(38-47-24-28-50(29-25-47)76(79,80)81)69(104)89(7)42-60(97)85-54(31-27-46-26-30-52(53(78)37-46)77(82,83)84)67(102)96-41-51(110-14-2)39-57(96)66(101)87-75(44-74(3,4)45-75)73(108)94(12)64(49-21-17-18-22-49)72(107)93(11)58(68(103)88(5)6)40-61(98)91(55)9/h15-16,46-59,63-64H,13-14,17-45H2,1-12H3,(H,85,97)(H,86,100)(H,87,101)/b16-15-/t46?,47?,50?,51-,52?,53?,54+,55+,56+,57+,58+,59+,63+,64+/m1/s1. The van der Waals surface area contributed by atoms with E-state index in [1.165, 1.54) is 80.9 Å². The van der Waals surface area contributed by atoms with Crippen LogP contribution < -0.4 is 16.0 Å². The van der Waals surface area contributed by atoms with E-state index in [9.17, 15) is 50.3 Å². The SMILES string of the molecule is CCC[C@H]1C(=O)N[C@@H](C2CCOCC2)C(=O)N(C)CC(=O)N(C)[C@H]2C/C=C\CCN(C2=O)[C@@H](CC2CCC(C(F)(F)F)CC2)C(=O)N(C)CC(=O)N[C@@H](CCC2CCC(C(F)(F)F)C(Cl)C2)C(=O)N2C[C@H](OCC)C[C@H]2C(=O)NC2(CC(C)(C)C2)C(=O)N(C)[C@@H](C2CCCC2)C(=O)N(C)[C@H](C(=O)N(C)C)CC(=O)N1C. The molecule has 3 N–H and O–H groups in total. The van der Waals surface area contributed by atoms with Crippen LogP contribution in [0.4, 0.5) is 26.3 Å². The average molecular weight is 1590 g/mol. The average Bonchev–Trinajstić information content (AvgIpc) is 1.01. The molecule has 8 aliphatic rings. The molecule has 4 aliphatic heterocycles. The van der Waals surface area contributed by atoms with Crippen LogP contribution in [0.3, 0.4) is 0 Å². The summed E-state index contributed by atoms with van der Waals surface area (Å²) in [7, 11) is 11.1. The van der Waals surface area contributed by atoms with Gasteiger partial charge in [-0.2, -0.15) is 26.3 Å². The number of hydrogen-bond donors (Lipinski definition) is 3. The molecule has 26 nitrogen and oxygen atoms in total. The van der Waals surface area contributed by atoms with Crippen LogP contribution in [0.15, 0.2) is 12.2 Å². The topological polar surface area (TPSA) is 289 Å².